The fourth-order valence-electron chi connectivity index (χ4n) is 3.44. The predicted molar refractivity (Wildman–Crippen MR) is 88.1 cm³/mol. The molecule has 1 saturated heterocycles. The summed E-state index contributed by atoms with van der Waals surface area (Å²) in [7, 11) is 0. The van der Waals surface area contributed by atoms with Crippen LogP contribution in [0.3, 0.4) is 0 Å². The summed E-state index contributed by atoms with van der Waals surface area (Å²) in [5, 5.41) is 0. The quantitative estimate of drug-likeness (QED) is 0.764. The van der Waals surface area contributed by atoms with Crippen LogP contribution in [0.5, 0.6) is 0 Å². The summed E-state index contributed by atoms with van der Waals surface area (Å²) >= 11 is 0. The molecule has 0 aliphatic carbocycles. The zero-order chi connectivity index (χ0) is 17.3. The first kappa shape index (κ1) is 16.5. The molecule has 0 bridgehead atoms. The number of furan rings is 1. The van der Waals surface area contributed by atoms with E-state index in [9.17, 15) is 9.59 Å². The number of Topliss-reactive ketones (excluding diaryl/α,β-unsaturated/α-hetero) is 1. The lowest BCUT2D eigenvalue weighted by Crippen LogP contribution is -2.31. The van der Waals surface area contributed by atoms with Crippen LogP contribution in [0.1, 0.15) is 37.8 Å². The highest BCUT2D eigenvalue weighted by atomic mass is 16.3. The molecule has 0 radical (unpaired) electrons. The molecule has 0 N–H and O–H groups in total. The molecule has 0 spiro atoms. The van der Waals surface area contributed by atoms with Gasteiger partial charge in [-0.15, -0.1) is 0 Å². The van der Waals surface area contributed by atoms with Crippen molar-refractivity contribution in [2.75, 3.05) is 6.54 Å². The smallest absolute Gasteiger partial charge is 0.290 e. The highest BCUT2D eigenvalue weighted by Crippen LogP contribution is 2.40. The molecule has 3 rings (SSSR count). The Labute approximate surface area is 141 Å². The summed E-state index contributed by atoms with van der Waals surface area (Å²) in [6.07, 6.45) is 6.13. The normalized spacial score (nSPS) is 21.2. The van der Waals surface area contributed by atoms with Crippen molar-refractivity contribution in [3.63, 3.8) is 0 Å². The summed E-state index contributed by atoms with van der Waals surface area (Å²) < 4.78 is 7.73. The van der Waals surface area contributed by atoms with E-state index in [1.165, 1.54) is 0 Å². The van der Waals surface area contributed by atoms with Gasteiger partial charge in [0.2, 0.25) is 5.78 Å². The summed E-state index contributed by atoms with van der Waals surface area (Å²) in [5.41, 5.74) is 0. The van der Waals surface area contributed by atoms with E-state index in [0.29, 0.717) is 12.3 Å². The highest BCUT2D eigenvalue weighted by molar-refractivity contribution is 6.39. The van der Waals surface area contributed by atoms with Gasteiger partial charge in [-0.05, 0) is 31.4 Å². The summed E-state index contributed by atoms with van der Waals surface area (Å²) in [6, 6.07) is 3.45. The summed E-state index contributed by atoms with van der Waals surface area (Å²) in [5.74, 6) is 0.530. The van der Waals surface area contributed by atoms with Crippen LogP contribution >= 0.6 is 0 Å². The molecule has 1 fully saturated rings. The lowest BCUT2D eigenvalue weighted by atomic mass is 9.86. The van der Waals surface area contributed by atoms with Crippen LogP contribution in [0.25, 0.3) is 0 Å². The predicted octanol–water partition coefficient (Wildman–Crippen LogP) is 2.60. The van der Waals surface area contributed by atoms with Gasteiger partial charge >= 0.3 is 0 Å². The molecule has 2 unspecified atom stereocenters. The van der Waals surface area contributed by atoms with Gasteiger partial charge in [-0.3, -0.25) is 9.59 Å². The Bertz CT molecular complexity index is 718. The van der Waals surface area contributed by atoms with Gasteiger partial charge in [-0.25, -0.2) is 4.98 Å². The SMILES string of the molecule is Cc1ccc(C2C(C(C)C)C(=O)C(=O)N2CCCn2ccnc2)o1. The summed E-state index contributed by atoms with van der Waals surface area (Å²) in [4.78, 5) is 30.7. The zero-order valence-corrected chi connectivity index (χ0v) is 14.3. The second-order valence-corrected chi connectivity index (χ2v) is 6.68. The van der Waals surface area contributed by atoms with Crippen LogP contribution in [0.4, 0.5) is 0 Å². The molecule has 24 heavy (non-hydrogen) atoms. The molecule has 1 aliphatic rings. The van der Waals surface area contributed by atoms with Crippen LogP contribution < -0.4 is 0 Å². The Hall–Kier alpha value is -2.37. The van der Waals surface area contributed by atoms with Gasteiger partial charge in [-0.2, -0.15) is 0 Å². The molecule has 128 valence electrons. The Morgan fingerprint density at radius 2 is 2.04 bits per heavy atom. The zero-order valence-electron chi connectivity index (χ0n) is 14.3. The number of aromatic nitrogens is 2. The van der Waals surface area contributed by atoms with Crippen LogP contribution in [0, 0.1) is 18.8 Å². The highest BCUT2D eigenvalue weighted by Gasteiger charge is 2.50. The van der Waals surface area contributed by atoms with Gasteiger partial charge in [0.15, 0.2) is 0 Å². The number of aryl methyl sites for hydroxylation is 2. The number of hydrogen-bond acceptors (Lipinski definition) is 4. The molecule has 2 atom stereocenters. The third-order valence-corrected chi connectivity index (χ3v) is 4.60. The van der Waals surface area contributed by atoms with Gasteiger partial charge in [0.05, 0.1) is 12.2 Å². The molecule has 0 aromatic carbocycles. The second kappa shape index (κ2) is 6.63. The van der Waals surface area contributed by atoms with Crippen molar-refractivity contribution in [1.29, 1.82) is 0 Å². The molecular weight excluding hydrogens is 306 g/mol. The number of likely N-dealkylation sites (tertiary alicyclic amines) is 1. The number of amides is 1. The number of imidazole rings is 1. The fraction of sp³-hybridized carbons (Fsp3) is 0.500. The van der Waals surface area contributed by atoms with Crippen molar-refractivity contribution in [2.45, 2.75) is 39.8 Å². The maximum Gasteiger partial charge on any atom is 0.290 e. The molecule has 2 aromatic rings. The fourth-order valence-corrected chi connectivity index (χ4v) is 3.44. The van der Waals surface area contributed by atoms with Crippen LogP contribution in [0.2, 0.25) is 0 Å². The number of hydrogen-bond donors (Lipinski definition) is 0. The molecule has 1 aliphatic heterocycles. The van der Waals surface area contributed by atoms with Crippen molar-refractivity contribution >= 4 is 11.7 Å². The minimum atomic E-state index is -0.390. The minimum Gasteiger partial charge on any atom is -0.464 e. The Kier molecular flexibility index (Phi) is 4.55. The lowest BCUT2D eigenvalue weighted by molar-refractivity contribution is -0.141. The number of ketones is 1. The van der Waals surface area contributed by atoms with Gasteiger partial charge in [-0.1, -0.05) is 13.8 Å². The third kappa shape index (κ3) is 3.00. The molecule has 0 saturated carbocycles. The van der Waals surface area contributed by atoms with Crippen molar-refractivity contribution in [2.24, 2.45) is 11.8 Å². The minimum absolute atomic E-state index is 0.0792. The van der Waals surface area contributed by atoms with Crippen molar-refractivity contribution in [1.82, 2.24) is 14.5 Å². The van der Waals surface area contributed by atoms with Crippen LogP contribution in [-0.2, 0) is 16.1 Å². The molecular formula is C18H23N3O3. The van der Waals surface area contributed by atoms with Gasteiger partial charge in [0, 0.05) is 25.5 Å². The molecule has 6 heteroatoms. The molecule has 6 nitrogen and oxygen atoms in total. The van der Waals surface area contributed by atoms with Crippen molar-refractivity contribution < 1.29 is 14.0 Å². The van der Waals surface area contributed by atoms with E-state index < -0.39 is 5.91 Å². The number of nitrogens with zero attached hydrogens (tertiary/aromatic N) is 3. The molecule has 2 aromatic heterocycles. The van der Waals surface area contributed by atoms with E-state index in [1.54, 1.807) is 17.4 Å². The first-order chi connectivity index (χ1) is 11.5. The number of carbonyl (C=O) groups excluding carboxylic acids is 2. The van der Waals surface area contributed by atoms with Gasteiger partial charge in [0.25, 0.3) is 5.91 Å². The van der Waals surface area contributed by atoms with E-state index >= 15 is 0 Å². The van der Waals surface area contributed by atoms with Crippen LogP contribution in [0.15, 0.2) is 35.3 Å². The first-order valence-corrected chi connectivity index (χ1v) is 8.36. The number of carbonyl (C=O) groups is 2. The van der Waals surface area contributed by atoms with E-state index in [0.717, 1.165) is 18.7 Å². The number of rotatable bonds is 6. The van der Waals surface area contributed by atoms with E-state index in [-0.39, 0.29) is 23.7 Å². The maximum atomic E-state index is 12.5. The lowest BCUT2D eigenvalue weighted by Gasteiger charge is -2.27. The summed E-state index contributed by atoms with van der Waals surface area (Å²) in [6.45, 7) is 7.11. The maximum absolute atomic E-state index is 12.5. The van der Waals surface area contributed by atoms with Crippen molar-refractivity contribution in [3.8, 4) is 0 Å². The monoisotopic (exact) mass is 329 g/mol. The van der Waals surface area contributed by atoms with Gasteiger partial charge in [0.1, 0.15) is 17.6 Å². The standard InChI is InChI=1S/C18H23N3O3/c1-12(2)15-16(14-6-5-13(3)24-14)21(18(23)17(15)22)9-4-8-20-10-7-19-11-20/h5-7,10-12,15-16H,4,8-9H2,1-3H3. The van der Waals surface area contributed by atoms with E-state index in [2.05, 4.69) is 4.98 Å². The third-order valence-electron chi connectivity index (χ3n) is 4.60. The van der Waals surface area contributed by atoms with E-state index in [4.69, 9.17) is 4.42 Å². The Balaban J connectivity index is 1.80. The van der Waals surface area contributed by atoms with Crippen LogP contribution in [-0.4, -0.2) is 32.7 Å². The van der Waals surface area contributed by atoms with Gasteiger partial charge < -0.3 is 13.9 Å². The Morgan fingerprint density at radius 3 is 2.62 bits per heavy atom. The topological polar surface area (TPSA) is 68.3 Å². The average molecular weight is 329 g/mol. The largest absolute Gasteiger partial charge is 0.464 e. The molecule has 3 heterocycles. The Morgan fingerprint density at radius 1 is 1.25 bits per heavy atom. The van der Waals surface area contributed by atoms with E-state index in [1.807, 2.05) is 43.7 Å². The molecule has 1 amide bonds. The second-order valence-electron chi connectivity index (χ2n) is 6.68. The average Bonchev–Trinajstić information content (AvgIpc) is 3.23. The van der Waals surface area contributed by atoms with Crippen molar-refractivity contribution in [3.05, 3.63) is 42.4 Å². The first-order valence-electron chi connectivity index (χ1n) is 8.36.